The average molecular weight is 321 g/mol. The minimum atomic E-state index is -3.82. The maximum absolute atomic E-state index is 12.2. The highest BCUT2D eigenvalue weighted by molar-refractivity contribution is 7.89. The summed E-state index contributed by atoms with van der Waals surface area (Å²) < 4.78 is 27.0. The first-order chi connectivity index (χ1) is 9.07. The summed E-state index contributed by atoms with van der Waals surface area (Å²) in [7, 11) is -2.54. The van der Waals surface area contributed by atoms with E-state index in [0.29, 0.717) is 0 Å². The Balaban J connectivity index is 3.24. The maximum Gasteiger partial charge on any atom is 0.274 e. The number of carbonyl (C=O) groups excluding carboxylic acids is 1. The molecule has 0 saturated heterocycles. The van der Waals surface area contributed by atoms with Crippen molar-refractivity contribution in [2.45, 2.75) is 31.2 Å². The molecule has 1 aromatic carbocycles. The van der Waals surface area contributed by atoms with Gasteiger partial charge in [-0.3, -0.25) is 9.63 Å². The Morgan fingerprint density at radius 1 is 1.30 bits per heavy atom. The molecule has 0 radical (unpaired) electrons. The lowest BCUT2D eigenvalue weighted by Gasteiger charge is -2.21. The summed E-state index contributed by atoms with van der Waals surface area (Å²) in [4.78, 5) is 16.0. The molecule has 0 fully saturated rings. The first-order valence-corrected chi connectivity index (χ1v) is 7.60. The molecular formula is C12H17ClN2O4S. The van der Waals surface area contributed by atoms with Gasteiger partial charge in [-0.2, -0.15) is 0 Å². The number of sulfonamides is 1. The molecule has 0 spiro atoms. The second-order valence-corrected chi connectivity index (χ2v) is 7.19. The van der Waals surface area contributed by atoms with Crippen LogP contribution in [0.1, 0.15) is 31.1 Å². The summed E-state index contributed by atoms with van der Waals surface area (Å²) in [5, 5.41) is 0.0377. The molecule has 8 heteroatoms. The molecule has 0 bridgehead atoms. The van der Waals surface area contributed by atoms with E-state index in [0.717, 1.165) is 0 Å². The van der Waals surface area contributed by atoms with Crippen LogP contribution in [0.25, 0.3) is 0 Å². The number of hydrogen-bond acceptors (Lipinski definition) is 4. The van der Waals surface area contributed by atoms with Crippen molar-refractivity contribution in [1.29, 1.82) is 0 Å². The Labute approximate surface area is 123 Å². The molecule has 20 heavy (non-hydrogen) atoms. The van der Waals surface area contributed by atoms with Crippen molar-refractivity contribution < 1.29 is 18.0 Å². The van der Waals surface area contributed by atoms with Crippen molar-refractivity contribution in [2.24, 2.45) is 0 Å². The van der Waals surface area contributed by atoms with E-state index in [1.807, 2.05) is 0 Å². The van der Waals surface area contributed by atoms with Crippen LogP contribution in [0.5, 0.6) is 0 Å². The number of amides is 1. The fourth-order valence-corrected chi connectivity index (χ4v) is 3.41. The molecule has 0 aliphatic carbocycles. The Morgan fingerprint density at radius 3 is 2.40 bits per heavy atom. The second-order valence-electron chi connectivity index (χ2n) is 5.14. The topological polar surface area (TPSA) is 84.5 Å². The maximum atomic E-state index is 12.2. The molecule has 1 aromatic rings. The molecule has 6 nitrogen and oxygen atoms in total. The zero-order valence-electron chi connectivity index (χ0n) is 11.7. The van der Waals surface area contributed by atoms with Gasteiger partial charge in [-0.25, -0.2) is 18.6 Å². The van der Waals surface area contributed by atoms with Crippen LogP contribution in [0.15, 0.2) is 23.1 Å². The molecule has 1 amide bonds. The van der Waals surface area contributed by atoms with Gasteiger partial charge in [0.1, 0.15) is 4.90 Å². The highest BCUT2D eigenvalue weighted by Crippen LogP contribution is 2.24. The van der Waals surface area contributed by atoms with Gasteiger partial charge in [0.15, 0.2) is 0 Å². The lowest BCUT2D eigenvalue weighted by atomic mass is 10.1. The second kappa shape index (κ2) is 6.09. The van der Waals surface area contributed by atoms with Crippen LogP contribution in [-0.4, -0.2) is 27.0 Å². The molecule has 0 heterocycles. The third-order valence-electron chi connectivity index (χ3n) is 2.12. The molecule has 0 unspecified atom stereocenters. The van der Waals surface area contributed by atoms with Gasteiger partial charge >= 0.3 is 0 Å². The molecule has 0 saturated carbocycles. The summed E-state index contributed by atoms with van der Waals surface area (Å²) in [6.07, 6.45) is 0. The Morgan fingerprint density at radius 2 is 1.90 bits per heavy atom. The van der Waals surface area contributed by atoms with E-state index in [9.17, 15) is 13.2 Å². The zero-order chi connectivity index (χ0) is 15.6. The van der Waals surface area contributed by atoms with Crippen LogP contribution in [0.3, 0.4) is 0 Å². The normalized spacial score (nSPS) is 12.2. The third-order valence-corrected chi connectivity index (χ3v) is 4.36. The van der Waals surface area contributed by atoms with Gasteiger partial charge < -0.3 is 0 Å². The molecule has 1 rings (SSSR count). The largest absolute Gasteiger partial charge is 0.277 e. The minimum Gasteiger partial charge on any atom is -0.277 e. The van der Waals surface area contributed by atoms with Crippen LogP contribution >= 0.6 is 11.6 Å². The van der Waals surface area contributed by atoms with E-state index in [2.05, 4.69) is 15.0 Å². The summed E-state index contributed by atoms with van der Waals surface area (Å²) in [5.41, 5.74) is 1.58. The fourth-order valence-electron chi connectivity index (χ4n) is 1.46. The highest BCUT2D eigenvalue weighted by atomic mass is 35.5. The van der Waals surface area contributed by atoms with Gasteiger partial charge in [-0.15, -0.1) is 0 Å². The van der Waals surface area contributed by atoms with Gasteiger partial charge in [0.05, 0.1) is 12.1 Å². The summed E-state index contributed by atoms with van der Waals surface area (Å²) in [6, 6.07) is 3.96. The smallest absolute Gasteiger partial charge is 0.274 e. The fraction of sp³-hybridized carbons (Fsp3) is 0.417. The van der Waals surface area contributed by atoms with Crippen LogP contribution in [0, 0.1) is 0 Å². The number of benzene rings is 1. The molecule has 0 aliphatic rings. The van der Waals surface area contributed by atoms with Gasteiger partial charge in [0.25, 0.3) is 5.91 Å². The van der Waals surface area contributed by atoms with Crippen molar-refractivity contribution >= 4 is 27.5 Å². The SMILES string of the molecule is CONC(=O)c1ccc(Cl)c(S(=O)(=O)NC(C)(C)C)c1. The summed E-state index contributed by atoms with van der Waals surface area (Å²) in [5.74, 6) is -0.559. The predicted octanol–water partition coefficient (Wildman–Crippen LogP) is 1.71. The van der Waals surface area contributed by atoms with Crippen LogP contribution < -0.4 is 10.2 Å². The number of rotatable bonds is 4. The number of halogens is 1. The van der Waals surface area contributed by atoms with E-state index < -0.39 is 21.5 Å². The molecular weight excluding hydrogens is 304 g/mol. The van der Waals surface area contributed by atoms with Gasteiger partial charge in [0, 0.05) is 11.1 Å². The quantitative estimate of drug-likeness (QED) is 0.827. The standard InChI is InChI=1S/C12H17ClN2O4S/c1-12(2,3)15-20(17,18)10-7-8(5-6-9(10)13)11(16)14-19-4/h5-7,15H,1-4H3,(H,14,16). The number of carbonyl (C=O) groups is 1. The average Bonchev–Trinajstić information content (AvgIpc) is 2.26. The number of hydrogen-bond donors (Lipinski definition) is 2. The van der Waals surface area contributed by atoms with Crippen molar-refractivity contribution in [3.63, 3.8) is 0 Å². The lowest BCUT2D eigenvalue weighted by molar-refractivity contribution is 0.0537. The van der Waals surface area contributed by atoms with E-state index in [1.54, 1.807) is 20.8 Å². The van der Waals surface area contributed by atoms with Crippen molar-refractivity contribution in [3.05, 3.63) is 28.8 Å². The molecule has 112 valence electrons. The van der Waals surface area contributed by atoms with E-state index in [-0.39, 0.29) is 15.5 Å². The van der Waals surface area contributed by atoms with Crippen LogP contribution in [0.4, 0.5) is 0 Å². The van der Waals surface area contributed by atoms with Gasteiger partial charge in [-0.1, -0.05) is 11.6 Å². The van der Waals surface area contributed by atoms with Crippen LogP contribution in [0.2, 0.25) is 5.02 Å². The van der Waals surface area contributed by atoms with Gasteiger partial charge in [-0.05, 0) is 39.0 Å². The Kier molecular flexibility index (Phi) is 5.15. The van der Waals surface area contributed by atoms with Gasteiger partial charge in [0.2, 0.25) is 10.0 Å². The van der Waals surface area contributed by atoms with E-state index in [4.69, 9.17) is 11.6 Å². The summed E-state index contributed by atoms with van der Waals surface area (Å²) in [6.45, 7) is 5.12. The first-order valence-electron chi connectivity index (χ1n) is 5.74. The third kappa shape index (κ3) is 4.45. The lowest BCUT2D eigenvalue weighted by Crippen LogP contribution is -2.40. The molecule has 0 atom stereocenters. The molecule has 2 N–H and O–H groups in total. The monoisotopic (exact) mass is 320 g/mol. The van der Waals surface area contributed by atoms with Crippen molar-refractivity contribution in [3.8, 4) is 0 Å². The Hall–Kier alpha value is -1.15. The van der Waals surface area contributed by atoms with Crippen molar-refractivity contribution in [1.82, 2.24) is 10.2 Å². The number of nitrogens with one attached hydrogen (secondary N) is 2. The minimum absolute atomic E-state index is 0.0377. The molecule has 0 aliphatic heterocycles. The summed E-state index contributed by atoms with van der Waals surface area (Å²) >= 11 is 5.91. The predicted molar refractivity (Wildman–Crippen MR) is 76.0 cm³/mol. The number of hydroxylamine groups is 1. The van der Waals surface area contributed by atoms with Crippen LogP contribution in [-0.2, 0) is 14.9 Å². The molecule has 0 aromatic heterocycles. The van der Waals surface area contributed by atoms with E-state index >= 15 is 0 Å². The van der Waals surface area contributed by atoms with Crippen molar-refractivity contribution in [2.75, 3.05) is 7.11 Å². The zero-order valence-corrected chi connectivity index (χ0v) is 13.2. The highest BCUT2D eigenvalue weighted by Gasteiger charge is 2.25. The Bertz CT molecular complexity index is 608. The van der Waals surface area contributed by atoms with E-state index in [1.165, 1.54) is 25.3 Å². The first kappa shape index (κ1) is 16.9.